The molecule has 0 aliphatic rings. The Bertz CT molecular complexity index is 1250. The van der Waals surface area contributed by atoms with Gasteiger partial charge < -0.3 is 0 Å². The number of carbonyl (C=O) groups excluding carboxylic acids is 1. The Balaban J connectivity index is 1.54. The molecule has 0 bridgehead atoms. The maximum atomic E-state index is 13.2. The van der Waals surface area contributed by atoms with Gasteiger partial charge in [0.15, 0.2) is 5.65 Å². The van der Waals surface area contributed by atoms with E-state index in [1.54, 1.807) is 25.1 Å². The van der Waals surface area contributed by atoms with Crippen LogP contribution >= 0.6 is 23.2 Å². The first-order chi connectivity index (χ1) is 14.3. The summed E-state index contributed by atoms with van der Waals surface area (Å²) >= 11 is 11.9. The van der Waals surface area contributed by atoms with E-state index in [-0.39, 0.29) is 22.9 Å². The number of nitrogens with one attached hydrogen (secondary N) is 1. The van der Waals surface area contributed by atoms with Crippen molar-refractivity contribution in [2.75, 3.05) is 5.32 Å². The Hall–Kier alpha value is -3.11. The predicted molar refractivity (Wildman–Crippen MR) is 106 cm³/mol. The SMILES string of the molecule is Cc1cc(C(F)F)n2ncc(C(=O)Nc3ncn(Cc4ccc(Cl)c(Cl)c4)n3)c2n1. The Kier molecular flexibility index (Phi) is 5.35. The molecular weight excluding hydrogens is 439 g/mol. The number of aromatic nitrogens is 6. The number of fused-ring (bicyclic) bond motifs is 1. The van der Waals surface area contributed by atoms with E-state index in [9.17, 15) is 13.6 Å². The van der Waals surface area contributed by atoms with Gasteiger partial charge in [0.2, 0.25) is 5.95 Å². The van der Waals surface area contributed by atoms with Crippen molar-refractivity contribution in [2.45, 2.75) is 19.9 Å². The summed E-state index contributed by atoms with van der Waals surface area (Å²) in [6, 6.07) is 6.39. The molecule has 154 valence electrons. The third-order valence-electron chi connectivity index (χ3n) is 4.19. The van der Waals surface area contributed by atoms with E-state index in [0.717, 1.165) is 10.1 Å². The molecule has 4 aromatic rings. The van der Waals surface area contributed by atoms with Crippen molar-refractivity contribution in [3.63, 3.8) is 0 Å². The lowest BCUT2D eigenvalue weighted by atomic mass is 10.2. The van der Waals surface area contributed by atoms with Crippen LogP contribution in [0.4, 0.5) is 14.7 Å². The van der Waals surface area contributed by atoms with Gasteiger partial charge in [-0.15, -0.1) is 5.10 Å². The molecular formula is C18H13Cl2F2N7O. The minimum Gasteiger partial charge on any atom is -0.289 e. The zero-order chi connectivity index (χ0) is 21.4. The fourth-order valence-electron chi connectivity index (χ4n) is 2.85. The van der Waals surface area contributed by atoms with Gasteiger partial charge in [0.1, 0.15) is 17.6 Å². The number of hydrogen-bond donors (Lipinski definition) is 1. The number of hydrogen-bond acceptors (Lipinski definition) is 5. The summed E-state index contributed by atoms with van der Waals surface area (Å²) in [6.07, 6.45) is -0.148. The van der Waals surface area contributed by atoms with Crippen LogP contribution in [0.15, 0.2) is 36.8 Å². The van der Waals surface area contributed by atoms with Gasteiger partial charge in [-0.2, -0.15) is 5.10 Å². The topological polar surface area (TPSA) is 90.0 Å². The summed E-state index contributed by atoms with van der Waals surface area (Å²) in [5, 5.41) is 11.4. The Morgan fingerprint density at radius 3 is 2.77 bits per heavy atom. The van der Waals surface area contributed by atoms with Crippen LogP contribution in [0, 0.1) is 6.92 Å². The zero-order valence-electron chi connectivity index (χ0n) is 15.4. The number of nitrogens with zero attached hydrogens (tertiary/aromatic N) is 6. The average molecular weight is 452 g/mol. The van der Waals surface area contributed by atoms with Crippen LogP contribution in [0.5, 0.6) is 0 Å². The molecule has 0 fully saturated rings. The van der Waals surface area contributed by atoms with E-state index >= 15 is 0 Å². The summed E-state index contributed by atoms with van der Waals surface area (Å²) in [5.41, 5.74) is 0.894. The van der Waals surface area contributed by atoms with Gasteiger partial charge in [-0.1, -0.05) is 29.3 Å². The van der Waals surface area contributed by atoms with Crippen LogP contribution in [0.1, 0.15) is 33.7 Å². The number of anilines is 1. The van der Waals surface area contributed by atoms with Gasteiger partial charge in [-0.3, -0.25) is 10.1 Å². The van der Waals surface area contributed by atoms with Crippen LogP contribution in [-0.4, -0.2) is 35.3 Å². The number of carbonyl (C=O) groups is 1. The van der Waals surface area contributed by atoms with Crippen LogP contribution in [0.2, 0.25) is 10.0 Å². The number of rotatable bonds is 5. The second kappa shape index (κ2) is 7.96. The molecule has 0 unspecified atom stereocenters. The van der Waals surface area contributed by atoms with Crippen molar-refractivity contribution in [2.24, 2.45) is 0 Å². The van der Waals surface area contributed by atoms with Crippen LogP contribution in [0.25, 0.3) is 5.65 Å². The molecule has 0 saturated heterocycles. The van der Waals surface area contributed by atoms with Crippen LogP contribution < -0.4 is 5.32 Å². The second-order valence-electron chi connectivity index (χ2n) is 6.39. The van der Waals surface area contributed by atoms with E-state index in [2.05, 4.69) is 25.5 Å². The maximum absolute atomic E-state index is 13.2. The van der Waals surface area contributed by atoms with E-state index < -0.39 is 12.3 Å². The highest BCUT2D eigenvalue weighted by atomic mass is 35.5. The second-order valence-corrected chi connectivity index (χ2v) is 7.20. The fraction of sp³-hybridized carbons (Fsp3) is 0.167. The van der Waals surface area contributed by atoms with Crippen molar-refractivity contribution in [3.05, 3.63) is 69.3 Å². The molecule has 0 radical (unpaired) electrons. The van der Waals surface area contributed by atoms with Gasteiger partial charge in [-0.05, 0) is 30.7 Å². The molecule has 0 spiro atoms. The van der Waals surface area contributed by atoms with Crippen LogP contribution in [0.3, 0.4) is 0 Å². The van der Waals surface area contributed by atoms with Crippen molar-refractivity contribution >= 4 is 40.7 Å². The van der Waals surface area contributed by atoms with Gasteiger partial charge in [0.05, 0.1) is 22.8 Å². The first-order valence-corrected chi connectivity index (χ1v) is 9.35. The van der Waals surface area contributed by atoms with Gasteiger partial charge in [-0.25, -0.2) is 27.9 Å². The lowest BCUT2D eigenvalue weighted by Gasteiger charge is -2.05. The molecule has 1 aromatic carbocycles. The number of amides is 1. The molecule has 3 heterocycles. The number of halogens is 4. The number of alkyl halides is 2. The molecule has 4 rings (SSSR count). The number of benzene rings is 1. The number of aryl methyl sites for hydroxylation is 1. The molecule has 30 heavy (non-hydrogen) atoms. The van der Waals surface area contributed by atoms with Crippen LogP contribution in [-0.2, 0) is 6.54 Å². The van der Waals surface area contributed by atoms with Gasteiger partial charge in [0, 0.05) is 5.69 Å². The minimum absolute atomic E-state index is 0.0260. The predicted octanol–water partition coefficient (Wildman–Crippen LogP) is 4.17. The lowest BCUT2D eigenvalue weighted by molar-refractivity contribution is 0.102. The monoisotopic (exact) mass is 451 g/mol. The van der Waals surface area contributed by atoms with E-state index in [1.807, 2.05) is 0 Å². The molecule has 3 aromatic heterocycles. The molecule has 12 heteroatoms. The molecule has 0 aliphatic heterocycles. The summed E-state index contributed by atoms with van der Waals surface area (Å²) < 4.78 is 28.9. The lowest BCUT2D eigenvalue weighted by Crippen LogP contribution is -2.14. The van der Waals surface area contributed by atoms with Crippen molar-refractivity contribution in [3.8, 4) is 0 Å². The van der Waals surface area contributed by atoms with Crippen molar-refractivity contribution in [1.29, 1.82) is 0 Å². The molecule has 1 N–H and O–H groups in total. The van der Waals surface area contributed by atoms with E-state index in [1.165, 1.54) is 23.3 Å². The summed E-state index contributed by atoms with van der Waals surface area (Å²) in [7, 11) is 0. The smallest absolute Gasteiger partial charge is 0.280 e. The van der Waals surface area contributed by atoms with Crippen molar-refractivity contribution < 1.29 is 13.6 Å². The Morgan fingerprint density at radius 1 is 1.23 bits per heavy atom. The molecule has 0 atom stereocenters. The van der Waals surface area contributed by atoms with Gasteiger partial charge in [0.25, 0.3) is 12.3 Å². The average Bonchev–Trinajstić information content (AvgIpc) is 3.30. The highest BCUT2D eigenvalue weighted by Gasteiger charge is 2.21. The molecule has 8 nitrogen and oxygen atoms in total. The van der Waals surface area contributed by atoms with E-state index in [0.29, 0.717) is 22.3 Å². The summed E-state index contributed by atoms with van der Waals surface area (Å²) in [5.74, 6) is -0.572. The normalized spacial score (nSPS) is 11.4. The zero-order valence-corrected chi connectivity index (χ0v) is 16.9. The third kappa shape index (κ3) is 3.96. The maximum Gasteiger partial charge on any atom is 0.280 e. The highest BCUT2D eigenvalue weighted by Crippen LogP contribution is 2.23. The molecule has 0 aliphatic carbocycles. The minimum atomic E-state index is -2.76. The Morgan fingerprint density at radius 2 is 2.03 bits per heavy atom. The standard InChI is InChI=1S/C18H13Cl2F2N7O/c1-9-4-14(15(21)22)29-16(25-9)11(6-24-29)17(30)26-18-23-8-28(27-18)7-10-2-3-12(19)13(20)5-10/h2-6,8,15H,7H2,1H3,(H,26,27,30). The molecule has 1 amide bonds. The fourth-order valence-corrected chi connectivity index (χ4v) is 3.17. The van der Waals surface area contributed by atoms with Gasteiger partial charge >= 0.3 is 0 Å². The largest absolute Gasteiger partial charge is 0.289 e. The summed E-state index contributed by atoms with van der Waals surface area (Å²) in [6.45, 7) is 1.92. The summed E-state index contributed by atoms with van der Waals surface area (Å²) in [4.78, 5) is 20.8. The molecule has 0 saturated carbocycles. The third-order valence-corrected chi connectivity index (χ3v) is 4.93. The Labute approximate surface area is 178 Å². The quantitative estimate of drug-likeness (QED) is 0.491. The highest BCUT2D eigenvalue weighted by molar-refractivity contribution is 6.42. The van der Waals surface area contributed by atoms with E-state index in [4.69, 9.17) is 23.2 Å². The first-order valence-electron chi connectivity index (χ1n) is 8.60. The van der Waals surface area contributed by atoms with Crippen molar-refractivity contribution in [1.82, 2.24) is 29.4 Å². The first kappa shape index (κ1) is 20.2.